The Hall–Kier alpha value is -1.77. The lowest BCUT2D eigenvalue weighted by atomic mass is 9.78. The zero-order chi connectivity index (χ0) is 15.9. The van der Waals surface area contributed by atoms with Crippen molar-refractivity contribution < 1.29 is 4.79 Å². The van der Waals surface area contributed by atoms with Crippen molar-refractivity contribution in [2.75, 3.05) is 0 Å². The maximum atomic E-state index is 12.6. The number of carbonyl (C=O) groups excluding carboxylic acids is 1. The van der Waals surface area contributed by atoms with Crippen molar-refractivity contribution in [3.63, 3.8) is 0 Å². The summed E-state index contributed by atoms with van der Waals surface area (Å²) in [4.78, 5) is 15.9. The molecule has 0 bridgehead atoms. The number of hydrogen-bond donors (Lipinski definition) is 2. The van der Waals surface area contributed by atoms with E-state index in [0.29, 0.717) is 23.6 Å². The summed E-state index contributed by atoms with van der Waals surface area (Å²) in [5.74, 6) is 1.26. The number of fused-ring (bicyclic) bond motifs is 1. The number of aromatic nitrogens is 1. The van der Waals surface area contributed by atoms with Crippen molar-refractivity contribution in [1.29, 1.82) is 0 Å². The number of amides is 1. The van der Waals surface area contributed by atoms with Crippen LogP contribution in [-0.2, 0) is 0 Å². The lowest BCUT2D eigenvalue weighted by Crippen LogP contribution is -2.43. The van der Waals surface area contributed by atoms with Crippen molar-refractivity contribution in [1.82, 2.24) is 10.3 Å². The quantitative estimate of drug-likeness (QED) is 0.851. The van der Waals surface area contributed by atoms with E-state index in [-0.39, 0.29) is 5.91 Å². The van der Waals surface area contributed by atoms with Gasteiger partial charge in [0.25, 0.3) is 5.91 Å². The first-order valence-corrected chi connectivity index (χ1v) is 8.36. The van der Waals surface area contributed by atoms with Gasteiger partial charge in [0, 0.05) is 16.9 Å². The molecule has 118 valence electrons. The van der Waals surface area contributed by atoms with Gasteiger partial charge in [0.15, 0.2) is 0 Å². The smallest absolute Gasteiger partial charge is 0.267 e. The molecule has 1 aromatic heterocycles. The number of nitrogens with one attached hydrogen (secondary N) is 2. The topological polar surface area (TPSA) is 44.9 Å². The Morgan fingerprint density at radius 1 is 1.18 bits per heavy atom. The molecular weight excluding hydrogens is 272 g/mol. The van der Waals surface area contributed by atoms with Crippen LogP contribution in [-0.4, -0.2) is 16.9 Å². The predicted octanol–water partition coefficient (Wildman–Crippen LogP) is 4.34. The Balaban J connectivity index is 1.82. The summed E-state index contributed by atoms with van der Waals surface area (Å²) in [5, 5.41) is 4.38. The third-order valence-corrected chi connectivity index (χ3v) is 5.36. The van der Waals surface area contributed by atoms with Gasteiger partial charge in [-0.3, -0.25) is 4.79 Å². The summed E-state index contributed by atoms with van der Waals surface area (Å²) < 4.78 is 0. The molecule has 1 aromatic carbocycles. The van der Waals surface area contributed by atoms with E-state index >= 15 is 0 Å². The second-order valence-electron chi connectivity index (χ2n) is 7.07. The molecule has 22 heavy (non-hydrogen) atoms. The third-order valence-electron chi connectivity index (χ3n) is 5.36. The lowest BCUT2D eigenvalue weighted by molar-refractivity contribution is 0.0887. The minimum Gasteiger partial charge on any atom is -0.351 e. The molecule has 0 unspecified atom stereocenters. The molecule has 0 saturated heterocycles. The summed E-state index contributed by atoms with van der Waals surface area (Å²) in [6.07, 6.45) is 3.58. The average molecular weight is 298 g/mol. The highest BCUT2D eigenvalue weighted by molar-refractivity contribution is 5.99. The Morgan fingerprint density at radius 2 is 1.95 bits per heavy atom. The summed E-state index contributed by atoms with van der Waals surface area (Å²) >= 11 is 0. The van der Waals surface area contributed by atoms with Crippen molar-refractivity contribution in [2.45, 2.75) is 53.0 Å². The fourth-order valence-electron chi connectivity index (χ4n) is 3.75. The molecule has 1 saturated carbocycles. The van der Waals surface area contributed by atoms with Gasteiger partial charge in [-0.1, -0.05) is 32.8 Å². The van der Waals surface area contributed by atoms with E-state index in [1.54, 1.807) is 0 Å². The summed E-state index contributed by atoms with van der Waals surface area (Å²) in [7, 11) is 0. The largest absolute Gasteiger partial charge is 0.351 e. The fourth-order valence-corrected chi connectivity index (χ4v) is 3.75. The summed E-state index contributed by atoms with van der Waals surface area (Å²) in [5.41, 5.74) is 4.15. The van der Waals surface area contributed by atoms with E-state index in [2.05, 4.69) is 50.1 Å². The van der Waals surface area contributed by atoms with E-state index < -0.39 is 0 Å². The number of rotatable bonds is 2. The average Bonchev–Trinajstić information content (AvgIpc) is 2.88. The number of aromatic amines is 1. The number of benzene rings is 1. The van der Waals surface area contributed by atoms with Crippen LogP contribution in [0.5, 0.6) is 0 Å². The van der Waals surface area contributed by atoms with Gasteiger partial charge in [-0.15, -0.1) is 0 Å². The Bertz CT molecular complexity index is 701. The number of aryl methyl sites for hydroxylation is 2. The molecule has 2 N–H and O–H groups in total. The highest BCUT2D eigenvalue weighted by Crippen LogP contribution is 2.30. The van der Waals surface area contributed by atoms with Gasteiger partial charge in [0.2, 0.25) is 0 Å². The van der Waals surface area contributed by atoms with Crippen LogP contribution in [0.2, 0.25) is 0 Å². The molecule has 1 aliphatic rings. The van der Waals surface area contributed by atoms with Gasteiger partial charge in [0.1, 0.15) is 5.69 Å². The van der Waals surface area contributed by atoms with E-state index in [1.807, 2.05) is 6.07 Å². The van der Waals surface area contributed by atoms with E-state index in [1.165, 1.54) is 24.0 Å². The van der Waals surface area contributed by atoms with Gasteiger partial charge >= 0.3 is 0 Å². The minimum absolute atomic E-state index is 0.0270. The zero-order valence-corrected chi connectivity index (χ0v) is 14.0. The van der Waals surface area contributed by atoms with Gasteiger partial charge in [-0.25, -0.2) is 0 Å². The maximum Gasteiger partial charge on any atom is 0.267 e. The van der Waals surface area contributed by atoms with Crippen molar-refractivity contribution in [3.05, 3.63) is 35.0 Å². The first-order chi connectivity index (χ1) is 10.5. The standard InChI is InChI=1S/C19H26N2O/c1-11-8-13(3)15-10-18(20-17(15)9-11)19(22)21-16-7-5-6-12(2)14(16)4/h8-10,12,14,16,20H,5-7H2,1-4H3,(H,21,22)/t12-,14-,16-/m0/s1. The van der Waals surface area contributed by atoms with Crippen molar-refractivity contribution in [2.24, 2.45) is 11.8 Å². The molecule has 2 aromatic rings. The van der Waals surface area contributed by atoms with Crippen LogP contribution in [0.4, 0.5) is 0 Å². The molecule has 3 nitrogen and oxygen atoms in total. The Morgan fingerprint density at radius 3 is 2.73 bits per heavy atom. The van der Waals surface area contributed by atoms with Crippen molar-refractivity contribution in [3.8, 4) is 0 Å². The Kier molecular flexibility index (Phi) is 3.98. The molecule has 1 heterocycles. The molecule has 3 rings (SSSR count). The van der Waals surface area contributed by atoms with E-state index in [0.717, 1.165) is 17.3 Å². The van der Waals surface area contributed by atoms with E-state index in [4.69, 9.17) is 0 Å². The summed E-state index contributed by atoms with van der Waals surface area (Å²) in [6.45, 7) is 8.72. The minimum atomic E-state index is 0.0270. The number of carbonyl (C=O) groups is 1. The first kappa shape index (κ1) is 15.1. The highest BCUT2D eigenvalue weighted by Gasteiger charge is 2.28. The number of H-pyrrole nitrogens is 1. The normalized spacial score (nSPS) is 25.4. The maximum absolute atomic E-state index is 12.6. The van der Waals surface area contributed by atoms with Gasteiger partial charge in [-0.05, 0) is 55.4 Å². The van der Waals surface area contributed by atoms with Crippen LogP contribution in [0, 0.1) is 25.7 Å². The van der Waals surface area contributed by atoms with Crippen LogP contribution in [0.3, 0.4) is 0 Å². The van der Waals surface area contributed by atoms with Crippen LogP contribution in [0.25, 0.3) is 10.9 Å². The third kappa shape index (κ3) is 2.77. The molecule has 1 aliphatic carbocycles. The molecule has 1 fully saturated rings. The molecule has 3 atom stereocenters. The zero-order valence-electron chi connectivity index (χ0n) is 14.0. The monoisotopic (exact) mass is 298 g/mol. The predicted molar refractivity (Wildman–Crippen MR) is 91.2 cm³/mol. The second-order valence-corrected chi connectivity index (χ2v) is 7.07. The highest BCUT2D eigenvalue weighted by atomic mass is 16.1. The molecular formula is C19H26N2O. The van der Waals surface area contributed by atoms with Crippen LogP contribution in [0.15, 0.2) is 18.2 Å². The van der Waals surface area contributed by atoms with Crippen LogP contribution < -0.4 is 5.32 Å². The SMILES string of the molecule is Cc1cc(C)c2cc(C(=O)N[C@H]3CCC[C@H](C)[C@@H]3C)[nH]c2c1. The molecule has 1 amide bonds. The Labute approximate surface area is 132 Å². The van der Waals surface area contributed by atoms with E-state index in [9.17, 15) is 4.79 Å². The molecule has 0 spiro atoms. The fraction of sp³-hybridized carbons (Fsp3) is 0.526. The molecule has 3 heteroatoms. The van der Waals surface area contributed by atoms with Crippen molar-refractivity contribution >= 4 is 16.8 Å². The number of hydrogen-bond acceptors (Lipinski definition) is 1. The molecule has 0 radical (unpaired) electrons. The van der Waals surface area contributed by atoms with Gasteiger partial charge in [0.05, 0.1) is 0 Å². The molecule has 0 aliphatic heterocycles. The van der Waals surface area contributed by atoms with Crippen LogP contribution >= 0.6 is 0 Å². The first-order valence-electron chi connectivity index (χ1n) is 8.36. The lowest BCUT2D eigenvalue weighted by Gasteiger charge is -2.34. The van der Waals surface area contributed by atoms with Gasteiger partial charge in [-0.2, -0.15) is 0 Å². The second kappa shape index (κ2) is 5.79. The summed E-state index contributed by atoms with van der Waals surface area (Å²) in [6, 6.07) is 6.54. The van der Waals surface area contributed by atoms with Crippen LogP contribution in [0.1, 0.15) is 54.7 Å². The van der Waals surface area contributed by atoms with Gasteiger partial charge < -0.3 is 10.3 Å².